The van der Waals surface area contributed by atoms with E-state index in [-0.39, 0.29) is 11.4 Å². The van der Waals surface area contributed by atoms with E-state index in [1.54, 1.807) is 0 Å². The fraction of sp³-hybridized carbons (Fsp3) is 0.938. The predicted molar refractivity (Wildman–Crippen MR) is 82.7 cm³/mol. The van der Waals surface area contributed by atoms with Gasteiger partial charge in [0, 0.05) is 11.6 Å². The van der Waals surface area contributed by atoms with E-state index in [9.17, 15) is 4.79 Å². The molecule has 116 valence electrons. The summed E-state index contributed by atoms with van der Waals surface area (Å²) in [5, 5.41) is 6.74. The van der Waals surface area contributed by atoms with E-state index in [0.29, 0.717) is 6.54 Å². The van der Waals surface area contributed by atoms with Crippen molar-refractivity contribution < 1.29 is 4.79 Å². The first kappa shape index (κ1) is 15.8. The zero-order chi connectivity index (χ0) is 14.6. The lowest BCUT2D eigenvalue weighted by atomic mass is 9.96. The van der Waals surface area contributed by atoms with Gasteiger partial charge in [-0.1, -0.05) is 6.92 Å². The Morgan fingerprint density at radius 2 is 1.85 bits per heavy atom. The second-order valence-corrected chi connectivity index (χ2v) is 7.19. The topological polar surface area (TPSA) is 44.4 Å². The van der Waals surface area contributed by atoms with Gasteiger partial charge in [0.2, 0.25) is 5.91 Å². The molecule has 0 unspecified atom stereocenters. The lowest BCUT2D eigenvalue weighted by molar-refractivity contribution is -0.124. The highest BCUT2D eigenvalue weighted by atomic mass is 16.2. The second kappa shape index (κ2) is 6.90. The molecule has 2 aliphatic rings. The van der Waals surface area contributed by atoms with Crippen molar-refractivity contribution in [2.45, 2.75) is 64.5 Å². The van der Waals surface area contributed by atoms with Crippen LogP contribution in [-0.2, 0) is 4.79 Å². The molecule has 0 aromatic carbocycles. The van der Waals surface area contributed by atoms with Crippen molar-refractivity contribution in [3.8, 4) is 0 Å². The summed E-state index contributed by atoms with van der Waals surface area (Å²) < 4.78 is 0. The minimum Gasteiger partial charge on any atom is -0.350 e. The van der Waals surface area contributed by atoms with Gasteiger partial charge in [-0.25, -0.2) is 0 Å². The number of piperidine rings is 1. The minimum atomic E-state index is -0.0798. The van der Waals surface area contributed by atoms with Crippen LogP contribution in [0.5, 0.6) is 0 Å². The van der Waals surface area contributed by atoms with Crippen molar-refractivity contribution in [1.29, 1.82) is 0 Å². The molecule has 2 fully saturated rings. The molecule has 0 atom stereocenters. The monoisotopic (exact) mass is 281 g/mol. The Labute approximate surface area is 123 Å². The van der Waals surface area contributed by atoms with Gasteiger partial charge in [-0.15, -0.1) is 0 Å². The van der Waals surface area contributed by atoms with Gasteiger partial charge in [-0.05, 0) is 71.5 Å². The molecule has 1 saturated carbocycles. The van der Waals surface area contributed by atoms with Crippen LogP contribution < -0.4 is 10.6 Å². The van der Waals surface area contributed by atoms with E-state index < -0.39 is 0 Å². The zero-order valence-electron chi connectivity index (χ0n) is 13.4. The average Bonchev–Trinajstić information content (AvgIpc) is 3.21. The molecule has 0 aromatic heterocycles. The summed E-state index contributed by atoms with van der Waals surface area (Å²) in [7, 11) is 0. The van der Waals surface area contributed by atoms with Gasteiger partial charge in [0.15, 0.2) is 0 Å². The molecular weight excluding hydrogens is 250 g/mol. The number of amides is 1. The lowest BCUT2D eigenvalue weighted by Crippen LogP contribution is -2.49. The molecule has 1 aliphatic carbocycles. The predicted octanol–water partition coefficient (Wildman–Crippen LogP) is 1.76. The van der Waals surface area contributed by atoms with Gasteiger partial charge in [0.1, 0.15) is 0 Å². The Kier molecular flexibility index (Phi) is 5.44. The van der Waals surface area contributed by atoms with Crippen LogP contribution in [0.3, 0.4) is 0 Å². The number of nitrogens with zero attached hydrogens (tertiary/aromatic N) is 1. The highest BCUT2D eigenvalue weighted by molar-refractivity contribution is 5.78. The maximum Gasteiger partial charge on any atom is 0.234 e. The summed E-state index contributed by atoms with van der Waals surface area (Å²) in [5.41, 5.74) is -0.0798. The van der Waals surface area contributed by atoms with E-state index in [0.717, 1.165) is 31.5 Å². The van der Waals surface area contributed by atoms with E-state index in [2.05, 4.69) is 36.3 Å². The van der Waals surface area contributed by atoms with Crippen LogP contribution in [0.15, 0.2) is 0 Å². The first-order chi connectivity index (χ1) is 9.48. The molecular formula is C16H31N3O. The number of hydrogen-bond donors (Lipinski definition) is 2. The van der Waals surface area contributed by atoms with Crippen LogP contribution in [0.4, 0.5) is 0 Å². The third kappa shape index (κ3) is 5.41. The van der Waals surface area contributed by atoms with E-state index in [1.807, 2.05) is 0 Å². The molecule has 0 aromatic rings. The summed E-state index contributed by atoms with van der Waals surface area (Å²) in [6.45, 7) is 10.1. The van der Waals surface area contributed by atoms with Gasteiger partial charge in [0.25, 0.3) is 0 Å². The Bertz CT molecular complexity index is 318. The summed E-state index contributed by atoms with van der Waals surface area (Å²) in [4.78, 5) is 14.3. The van der Waals surface area contributed by atoms with Crippen LogP contribution in [0.2, 0.25) is 0 Å². The van der Waals surface area contributed by atoms with E-state index in [4.69, 9.17) is 0 Å². The van der Waals surface area contributed by atoms with Crippen LogP contribution >= 0.6 is 0 Å². The van der Waals surface area contributed by atoms with E-state index >= 15 is 0 Å². The normalized spacial score (nSPS) is 21.9. The standard InChI is InChI=1S/C16H31N3O/c1-4-16(2,3)18-15(20)12-19-9-7-13(8-10-19)11-17-14-5-6-14/h13-14,17H,4-12H2,1-3H3,(H,18,20). The van der Waals surface area contributed by atoms with Crippen molar-refractivity contribution >= 4 is 5.91 Å². The van der Waals surface area contributed by atoms with Gasteiger partial charge in [-0.2, -0.15) is 0 Å². The van der Waals surface area contributed by atoms with Crippen molar-refractivity contribution in [2.75, 3.05) is 26.2 Å². The second-order valence-electron chi connectivity index (χ2n) is 7.19. The van der Waals surface area contributed by atoms with Gasteiger partial charge in [-0.3, -0.25) is 9.69 Å². The summed E-state index contributed by atoms with van der Waals surface area (Å²) in [6, 6.07) is 0.815. The fourth-order valence-corrected chi connectivity index (χ4v) is 2.68. The maximum atomic E-state index is 12.0. The molecule has 2 rings (SSSR count). The quantitative estimate of drug-likeness (QED) is 0.747. The first-order valence-electron chi connectivity index (χ1n) is 8.25. The fourth-order valence-electron chi connectivity index (χ4n) is 2.68. The largest absolute Gasteiger partial charge is 0.350 e. The van der Waals surface area contributed by atoms with Gasteiger partial charge in [0.05, 0.1) is 6.54 Å². The Morgan fingerprint density at radius 1 is 1.20 bits per heavy atom. The van der Waals surface area contributed by atoms with Crippen LogP contribution in [0.1, 0.15) is 52.9 Å². The summed E-state index contributed by atoms with van der Waals surface area (Å²) >= 11 is 0. The van der Waals surface area contributed by atoms with Gasteiger partial charge >= 0.3 is 0 Å². The summed E-state index contributed by atoms with van der Waals surface area (Å²) in [6.07, 6.45) is 6.15. The lowest BCUT2D eigenvalue weighted by Gasteiger charge is -2.33. The average molecular weight is 281 g/mol. The molecule has 1 aliphatic heterocycles. The molecule has 4 nitrogen and oxygen atoms in total. The van der Waals surface area contributed by atoms with Crippen LogP contribution in [-0.4, -0.2) is 48.6 Å². The molecule has 20 heavy (non-hydrogen) atoms. The molecule has 2 N–H and O–H groups in total. The SMILES string of the molecule is CCC(C)(C)NC(=O)CN1CCC(CNC2CC2)CC1. The number of nitrogens with one attached hydrogen (secondary N) is 2. The number of carbonyl (C=O) groups excluding carboxylic acids is 1. The highest BCUT2D eigenvalue weighted by Crippen LogP contribution is 2.21. The number of hydrogen-bond acceptors (Lipinski definition) is 3. The Balaban J connectivity index is 1.61. The molecule has 1 heterocycles. The number of likely N-dealkylation sites (tertiary alicyclic amines) is 1. The summed E-state index contributed by atoms with van der Waals surface area (Å²) in [5.74, 6) is 0.980. The van der Waals surface area contributed by atoms with Crippen LogP contribution in [0, 0.1) is 5.92 Å². The smallest absolute Gasteiger partial charge is 0.234 e. The highest BCUT2D eigenvalue weighted by Gasteiger charge is 2.25. The molecule has 1 saturated heterocycles. The van der Waals surface area contributed by atoms with Crippen molar-refractivity contribution in [3.63, 3.8) is 0 Å². The van der Waals surface area contributed by atoms with E-state index in [1.165, 1.54) is 32.2 Å². The van der Waals surface area contributed by atoms with Crippen molar-refractivity contribution in [2.24, 2.45) is 5.92 Å². The number of carbonyl (C=O) groups is 1. The zero-order valence-corrected chi connectivity index (χ0v) is 13.4. The van der Waals surface area contributed by atoms with Crippen LogP contribution in [0.25, 0.3) is 0 Å². The Morgan fingerprint density at radius 3 is 2.40 bits per heavy atom. The maximum absolute atomic E-state index is 12.0. The third-order valence-corrected chi connectivity index (χ3v) is 4.71. The molecule has 4 heteroatoms. The molecule has 0 spiro atoms. The number of rotatable bonds is 7. The third-order valence-electron chi connectivity index (χ3n) is 4.71. The first-order valence-corrected chi connectivity index (χ1v) is 8.25. The molecule has 1 amide bonds. The van der Waals surface area contributed by atoms with Gasteiger partial charge < -0.3 is 10.6 Å². The molecule has 0 bridgehead atoms. The van der Waals surface area contributed by atoms with Crippen molar-refractivity contribution in [3.05, 3.63) is 0 Å². The molecule has 0 radical (unpaired) electrons. The Hall–Kier alpha value is -0.610. The van der Waals surface area contributed by atoms with Crippen molar-refractivity contribution in [1.82, 2.24) is 15.5 Å². The minimum absolute atomic E-state index is 0.0798.